The Morgan fingerprint density at radius 3 is 2.69 bits per heavy atom. The molecule has 0 aliphatic heterocycles. The van der Waals surface area contributed by atoms with Crippen LogP contribution in [-0.4, -0.2) is 24.3 Å². The highest BCUT2D eigenvalue weighted by molar-refractivity contribution is 5.47. The number of hydrogen-bond donors (Lipinski definition) is 1. The summed E-state index contributed by atoms with van der Waals surface area (Å²) in [6.45, 7) is 6.52. The van der Waals surface area contributed by atoms with Crippen LogP contribution in [0.3, 0.4) is 0 Å². The van der Waals surface area contributed by atoms with Gasteiger partial charge in [0.05, 0.1) is 12.2 Å². The van der Waals surface area contributed by atoms with Crippen LogP contribution in [0.4, 0.5) is 5.69 Å². The molecule has 1 aromatic heterocycles. The Kier molecular flexibility index (Phi) is 4.12. The minimum absolute atomic E-state index is 0.170. The molecule has 0 amide bonds. The van der Waals surface area contributed by atoms with Crippen LogP contribution >= 0.6 is 0 Å². The molecule has 1 heterocycles. The van der Waals surface area contributed by atoms with Gasteiger partial charge in [-0.15, -0.1) is 0 Å². The smallest absolute Gasteiger partial charge is 0.215 e. The zero-order chi connectivity index (χ0) is 12.2. The molecule has 1 rings (SSSR count). The van der Waals surface area contributed by atoms with Crippen molar-refractivity contribution in [3.63, 3.8) is 0 Å². The first-order valence-electron chi connectivity index (χ1n) is 5.35. The van der Waals surface area contributed by atoms with E-state index in [1.165, 1.54) is 0 Å². The van der Waals surface area contributed by atoms with Gasteiger partial charge in [-0.2, -0.15) is 0 Å². The van der Waals surface area contributed by atoms with Gasteiger partial charge in [-0.3, -0.25) is 0 Å². The summed E-state index contributed by atoms with van der Waals surface area (Å²) in [6.07, 6.45) is 2.52. The zero-order valence-electron chi connectivity index (χ0n) is 10.4. The number of hydrogen-bond acceptors (Lipinski definition) is 4. The fraction of sp³-hybridized carbons (Fsp3) is 0.583. The van der Waals surface area contributed by atoms with Crippen LogP contribution in [0, 0.1) is 6.92 Å². The highest BCUT2D eigenvalue weighted by Crippen LogP contribution is 2.17. The summed E-state index contributed by atoms with van der Waals surface area (Å²) in [6, 6.07) is 1.75. The summed E-state index contributed by atoms with van der Waals surface area (Å²) in [7, 11) is 1.70. The van der Waals surface area contributed by atoms with Crippen molar-refractivity contribution in [2.45, 2.75) is 32.8 Å². The molecule has 0 saturated heterocycles. The summed E-state index contributed by atoms with van der Waals surface area (Å²) in [5.74, 6) is 0.565. The van der Waals surface area contributed by atoms with E-state index in [0.717, 1.165) is 12.0 Å². The number of aryl methyl sites for hydroxylation is 1. The molecule has 0 spiro atoms. The van der Waals surface area contributed by atoms with Crippen molar-refractivity contribution < 1.29 is 9.47 Å². The molecule has 4 nitrogen and oxygen atoms in total. The van der Waals surface area contributed by atoms with Crippen LogP contribution in [-0.2, 0) is 4.74 Å². The van der Waals surface area contributed by atoms with E-state index in [0.29, 0.717) is 18.2 Å². The van der Waals surface area contributed by atoms with E-state index < -0.39 is 0 Å². The van der Waals surface area contributed by atoms with Crippen LogP contribution in [0.2, 0.25) is 0 Å². The molecule has 0 aliphatic carbocycles. The van der Waals surface area contributed by atoms with Crippen LogP contribution in [0.25, 0.3) is 0 Å². The Hall–Kier alpha value is -1.29. The normalized spacial score (nSPS) is 11.5. The van der Waals surface area contributed by atoms with E-state index in [9.17, 15) is 0 Å². The van der Waals surface area contributed by atoms with Crippen molar-refractivity contribution in [2.24, 2.45) is 0 Å². The lowest BCUT2D eigenvalue weighted by Gasteiger charge is -2.22. The molecule has 0 aliphatic rings. The lowest BCUT2D eigenvalue weighted by molar-refractivity contribution is 0.00509. The van der Waals surface area contributed by atoms with Gasteiger partial charge in [0.2, 0.25) is 5.88 Å². The van der Waals surface area contributed by atoms with Gasteiger partial charge >= 0.3 is 0 Å². The Labute approximate surface area is 96.8 Å². The second kappa shape index (κ2) is 5.16. The summed E-state index contributed by atoms with van der Waals surface area (Å²) in [5.41, 5.74) is 7.26. The molecule has 0 radical (unpaired) electrons. The molecule has 90 valence electrons. The highest BCUT2D eigenvalue weighted by atomic mass is 16.5. The van der Waals surface area contributed by atoms with E-state index in [-0.39, 0.29) is 5.60 Å². The number of rotatable bonds is 5. The van der Waals surface area contributed by atoms with E-state index >= 15 is 0 Å². The number of nitrogen functional groups attached to an aromatic ring is 1. The predicted molar refractivity (Wildman–Crippen MR) is 64.6 cm³/mol. The molecule has 4 heteroatoms. The molecule has 0 fully saturated rings. The highest BCUT2D eigenvalue weighted by Gasteiger charge is 2.16. The maximum Gasteiger partial charge on any atom is 0.215 e. The largest absolute Gasteiger partial charge is 0.477 e. The van der Waals surface area contributed by atoms with Crippen molar-refractivity contribution in [3.8, 4) is 5.88 Å². The van der Waals surface area contributed by atoms with Gasteiger partial charge < -0.3 is 15.2 Å². The molecule has 2 N–H and O–H groups in total. The van der Waals surface area contributed by atoms with Crippen molar-refractivity contribution >= 4 is 5.69 Å². The number of ether oxygens (including phenoxy) is 2. The summed E-state index contributed by atoms with van der Waals surface area (Å²) in [4.78, 5) is 4.14. The van der Waals surface area contributed by atoms with E-state index in [1.54, 1.807) is 19.4 Å². The Morgan fingerprint density at radius 2 is 2.12 bits per heavy atom. The first kappa shape index (κ1) is 12.8. The fourth-order valence-electron chi connectivity index (χ4n) is 1.10. The maximum absolute atomic E-state index is 5.76. The van der Waals surface area contributed by atoms with Gasteiger partial charge in [0.15, 0.2) is 0 Å². The van der Waals surface area contributed by atoms with Crippen LogP contribution in [0.5, 0.6) is 5.88 Å². The first-order valence-corrected chi connectivity index (χ1v) is 5.35. The maximum atomic E-state index is 5.76. The molecule has 16 heavy (non-hydrogen) atoms. The Balaban J connectivity index is 2.46. The fourth-order valence-corrected chi connectivity index (χ4v) is 1.10. The predicted octanol–water partition coefficient (Wildman–Crippen LogP) is 2.17. The molecule has 0 bridgehead atoms. The summed E-state index contributed by atoms with van der Waals surface area (Å²) < 4.78 is 10.8. The molecular weight excluding hydrogens is 204 g/mol. The lowest BCUT2D eigenvalue weighted by Crippen LogP contribution is -2.25. The zero-order valence-corrected chi connectivity index (χ0v) is 10.4. The summed E-state index contributed by atoms with van der Waals surface area (Å²) in [5, 5.41) is 0. The monoisotopic (exact) mass is 224 g/mol. The number of anilines is 1. The lowest BCUT2D eigenvalue weighted by atomic mass is 10.1. The van der Waals surface area contributed by atoms with Gasteiger partial charge in [-0.05, 0) is 26.3 Å². The number of aromatic nitrogens is 1. The third-order valence-corrected chi connectivity index (χ3v) is 2.63. The number of pyridine rings is 1. The number of nitrogens with zero attached hydrogens (tertiary/aromatic N) is 1. The van der Waals surface area contributed by atoms with Gasteiger partial charge in [0, 0.05) is 31.5 Å². The summed E-state index contributed by atoms with van der Waals surface area (Å²) >= 11 is 0. The minimum atomic E-state index is -0.170. The van der Waals surface area contributed by atoms with Gasteiger partial charge in [0.25, 0.3) is 0 Å². The second-order valence-electron chi connectivity index (χ2n) is 4.44. The van der Waals surface area contributed by atoms with Crippen LogP contribution in [0.15, 0.2) is 12.3 Å². The molecule has 0 atom stereocenters. The third-order valence-electron chi connectivity index (χ3n) is 2.63. The quantitative estimate of drug-likeness (QED) is 0.832. The van der Waals surface area contributed by atoms with Gasteiger partial charge in [-0.1, -0.05) is 0 Å². The molecule has 1 aromatic rings. The number of nitrogens with two attached hydrogens (primary N) is 1. The van der Waals surface area contributed by atoms with Crippen molar-refractivity contribution in [3.05, 3.63) is 17.8 Å². The molecule has 0 unspecified atom stereocenters. The van der Waals surface area contributed by atoms with Crippen molar-refractivity contribution in [2.75, 3.05) is 19.5 Å². The Bertz CT molecular complexity index is 351. The first-order chi connectivity index (χ1) is 7.44. The standard InChI is InChI=1S/C12H20N2O2/c1-9-8-14-11(7-10(9)13)16-6-5-12(2,3)15-4/h7-8H,5-6H2,1-4H3,(H2,13,14). The Morgan fingerprint density at radius 1 is 1.44 bits per heavy atom. The minimum Gasteiger partial charge on any atom is -0.477 e. The van der Waals surface area contributed by atoms with Crippen molar-refractivity contribution in [1.82, 2.24) is 4.98 Å². The van der Waals surface area contributed by atoms with Crippen LogP contribution in [0.1, 0.15) is 25.8 Å². The van der Waals surface area contributed by atoms with E-state index in [2.05, 4.69) is 4.98 Å². The number of methoxy groups -OCH3 is 1. The molecular formula is C12H20N2O2. The average Bonchev–Trinajstić information content (AvgIpc) is 2.23. The molecule has 0 saturated carbocycles. The second-order valence-corrected chi connectivity index (χ2v) is 4.44. The van der Waals surface area contributed by atoms with Crippen molar-refractivity contribution in [1.29, 1.82) is 0 Å². The van der Waals surface area contributed by atoms with Gasteiger partial charge in [0.1, 0.15) is 0 Å². The SMILES string of the molecule is COC(C)(C)CCOc1cc(N)c(C)cn1. The van der Waals surface area contributed by atoms with E-state index in [4.69, 9.17) is 15.2 Å². The topological polar surface area (TPSA) is 57.4 Å². The molecule has 0 aromatic carbocycles. The van der Waals surface area contributed by atoms with E-state index in [1.807, 2.05) is 20.8 Å². The van der Waals surface area contributed by atoms with Crippen LogP contribution < -0.4 is 10.5 Å². The van der Waals surface area contributed by atoms with Gasteiger partial charge in [-0.25, -0.2) is 4.98 Å². The average molecular weight is 224 g/mol. The third kappa shape index (κ3) is 3.70.